The molecule has 1 N–H and O–H groups in total. The van der Waals surface area contributed by atoms with E-state index in [1.54, 1.807) is 18.4 Å². The Morgan fingerprint density at radius 3 is 2.86 bits per heavy atom. The first-order valence-corrected chi connectivity index (χ1v) is 8.49. The van der Waals surface area contributed by atoms with Gasteiger partial charge < -0.3 is 10.1 Å². The Kier molecular flexibility index (Phi) is 6.42. The van der Waals surface area contributed by atoms with E-state index in [-0.39, 0.29) is 12.0 Å². The lowest BCUT2D eigenvalue weighted by molar-refractivity contribution is -0.121. The Bertz CT molecular complexity index is 571. The van der Waals surface area contributed by atoms with Gasteiger partial charge in [-0.3, -0.25) is 4.79 Å². The molecule has 3 nitrogen and oxygen atoms in total. The summed E-state index contributed by atoms with van der Waals surface area (Å²) < 4.78 is 6.46. The Hall–Kier alpha value is -1.17. The van der Waals surface area contributed by atoms with Crippen LogP contribution in [0.3, 0.4) is 0 Å². The van der Waals surface area contributed by atoms with Crippen molar-refractivity contribution in [1.29, 1.82) is 0 Å². The number of aryl methyl sites for hydroxylation is 1. The zero-order valence-corrected chi connectivity index (χ0v) is 14.2. The van der Waals surface area contributed by atoms with Crippen LogP contribution in [0.15, 0.2) is 45.6 Å². The van der Waals surface area contributed by atoms with E-state index in [0.717, 1.165) is 22.0 Å². The van der Waals surface area contributed by atoms with Crippen molar-refractivity contribution >= 4 is 33.2 Å². The lowest BCUT2D eigenvalue weighted by atomic mass is 10.1. The van der Waals surface area contributed by atoms with Gasteiger partial charge in [-0.15, -0.1) is 0 Å². The predicted molar refractivity (Wildman–Crippen MR) is 89.5 cm³/mol. The van der Waals surface area contributed by atoms with Crippen LogP contribution >= 0.6 is 27.3 Å². The molecule has 0 radical (unpaired) electrons. The van der Waals surface area contributed by atoms with Crippen LogP contribution < -0.4 is 5.32 Å². The number of thiophene rings is 1. The molecule has 0 saturated carbocycles. The highest BCUT2D eigenvalue weighted by Gasteiger charge is 2.12. The van der Waals surface area contributed by atoms with Gasteiger partial charge in [-0.05, 0) is 40.4 Å². The van der Waals surface area contributed by atoms with Crippen molar-refractivity contribution in [2.75, 3.05) is 13.7 Å². The topological polar surface area (TPSA) is 38.3 Å². The standard InChI is InChI=1S/C16H18BrNO2S/c1-20-15(13-8-9-21-11-13)10-18-16(19)7-6-12-4-2-3-5-14(12)17/h2-5,8-9,11,15H,6-7,10H2,1H3,(H,18,19)/t15-/m1/s1. The highest BCUT2D eigenvalue weighted by molar-refractivity contribution is 9.10. The lowest BCUT2D eigenvalue weighted by Crippen LogP contribution is -2.29. The maximum atomic E-state index is 11.9. The van der Waals surface area contributed by atoms with Gasteiger partial charge in [-0.1, -0.05) is 34.1 Å². The zero-order chi connectivity index (χ0) is 15.1. The number of methoxy groups -OCH3 is 1. The maximum absolute atomic E-state index is 11.9. The minimum atomic E-state index is -0.0799. The summed E-state index contributed by atoms with van der Waals surface area (Å²) >= 11 is 5.12. The molecule has 1 heterocycles. The first-order chi connectivity index (χ1) is 10.2. The fraction of sp³-hybridized carbons (Fsp3) is 0.312. The highest BCUT2D eigenvalue weighted by atomic mass is 79.9. The van der Waals surface area contributed by atoms with Crippen LogP contribution in [-0.2, 0) is 16.0 Å². The van der Waals surface area contributed by atoms with Gasteiger partial charge in [0.1, 0.15) is 6.10 Å². The van der Waals surface area contributed by atoms with E-state index in [1.807, 2.05) is 41.1 Å². The molecule has 2 aromatic rings. The summed E-state index contributed by atoms with van der Waals surface area (Å²) in [4.78, 5) is 11.9. The molecule has 0 fully saturated rings. The van der Waals surface area contributed by atoms with Gasteiger partial charge in [0.05, 0.1) is 0 Å². The van der Waals surface area contributed by atoms with Crippen molar-refractivity contribution in [2.45, 2.75) is 18.9 Å². The van der Waals surface area contributed by atoms with E-state index in [2.05, 4.69) is 21.2 Å². The van der Waals surface area contributed by atoms with Crippen LogP contribution in [0, 0.1) is 0 Å². The average Bonchev–Trinajstić information content (AvgIpc) is 3.01. The molecular formula is C16H18BrNO2S. The number of amides is 1. The molecule has 0 aliphatic heterocycles. The molecule has 1 atom stereocenters. The summed E-state index contributed by atoms with van der Waals surface area (Å²) in [6.07, 6.45) is 1.12. The molecule has 2 rings (SSSR count). The second-order valence-corrected chi connectivity index (χ2v) is 6.31. The first kappa shape index (κ1) is 16.2. The Morgan fingerprint density at radius 2 is 2.19 bits per heavy atom. The summed E-state index contributed by atoms with van der Waals surface area (Å²) in [6, 6.07) is 9.99. The van der Waals surface area contributed by atoms with Crippen molar-refractivity contribution in [1.82, 2.24) is 5.32 Å². The molecule has 21 heavy (non-hydrogen) atoms. The molecule has 5 heteroatoms. The second-order valence-electron chi connectivity index (χ2n) is 4.68. The Morgan fingerprint density at radius 1 is 1.38 bits per heavy atom. The number of nitrogens with one attached hydrogen (secondary N) is 1. The third-order valence-corrected chi connectivity index (χ3v) is 4.74. The van der Waals surface area contributed by atoms with Crippen molar-refractivity contribution in [3.63, 3.8) is 0 Å². The highest BCUT2D eigenvalue weighted by Crippen LogP contribution is 2.19. The van der Waals surface area contributed by atoms with Crippen LogP contribution in [0.25, 0.3) is 0 Å². The molecule has 0 saturated heterocycles. The van der Waals surface area contributed by atoms with Crippen molar-refractivity contribution in [3.05, 3.63) is 56.7 Å². The number of rotatable bonds is 7. The molecular weight excluding hydrogens is 350 g/mol. The fourth-order valence-corrected chi connectivity index (χ4v) is 3.22. The molecule has 0 aliphatic rings. The van der Waals surface area contributed by atoms with Crippen LogP contribution in [0.2, 0.25) is 0 Å². The third kappa shape index (κ3) is 4.95. The van der Waals surface area contributed by atoms with Crippen LogP contribution in [0.5, 0.6) is 0 Å². The van der Waals surface area contributed by atoms with E-state index in [0.29, 0.717) is 13.0 Å². The van der Waals surface area contributed by atoms with Gasteiger partial charge in [-0.25, -0.2) is 0 Å². The SMILES string of the molecule is CO[C@H](CNC(=O)CCc1ccccc1Br)c1ccsc1. The number of carbonyl (C=O) groups excluding carboxylic acids is 1. The number of hydrogen-bond donors (Lipinski definition) is 1. The van der Waals surface area contributed by atoms with Gasteiger partial charge in [0.2, 0.25) is 5.91 Å². The molecule has 0 spiro atoms. The number of benzene rings is 1. The maximum Gasteiger partial charge on any atom is 0.220 e. The summed E-state index contributed by atoms with van der Waals surface area (Å²) in [7, 11) is 1.66. The summed E-state index contributed by atoms with van der Waals surface area (Å²) in [5.41, 5.74) is 2.25. The predicted octanol–water partition coefficient (Wildman–Crippen LogP) is 3.95. The van der Waals surface area contributed by atoms with Crippen molar-refractivity contribution in [3.8, 4) is 0 Å². The number of ether oxygens (including phenoxy) is 1. The van der Waals surface area contributed by atoms with Gasteiger partial charge in [0.25, 0.3) is 0 Å². The second kappa shape index (κ2) is 8.32. The van der Waals surface area contributed by atoms with E-state index < -0.39 is 0 Å². The average molecular weight is 368 g/mol. The van der Waals surface area contributed by atoms with Crippen molar-refractivity contribution < 1.29 is 9.53 Å². The van der Waals surface area contributed by atoms with Gasteiger partial charge in [0, 0.05) is 24.5 Å². The first-order valence-electron chi connectivity index (χ1n) is 6.75. The fourth-order valence-electron chi connectivity index (χ4n) is 2.04. The minimum Gasteiger partial charge on any atom is -0.375 e. The minimum absolute atomic E-state index is 0.0445. The van der Waals surface area contributed by atoms with E-state index in [9.17, 15) is 4.79 Å². The summed E-state index contributed by atoms with van der Waals surface area (Å²) in [6.45, 7) is 0.502. The van der Waals surface area contributed by atoms with Gasteiger partial charge in [-0.2, -0.15) is 11.3 Å². The molecule has 0 unspecified atom stereocenters. The van der Waals surface area contributed by atoms with Crippen LogP contribution in [0.4, 0.5) is 0 Å². The number of carbonyl (C=O) groups is 1. The molecule has 1 amide bonds. The normalized spacial score (nSPS) is 12.1. The Labute approximate surface area is 137 Å². The monoisotopic (exact) mass is 367 g/mol. The van der Waals surface area contributed by atoms with Gasteiger partial charge >= 0.3 is 0 Å². The molecule has 1 aromatic carbocycles. The lowest BCUT2D eigenvalue weighted by Gasteiger charge is -2.15. The number of hydrogen-bond acceptors (Lipinski definition) is 3. The Balaban J connectivity index is 1.78. The molecule has 1 aromatic heterocycles. The van der Waals surface area contributed by atoms with Crippen LogP contribution in [0.1, 0.15) is 23.7 Å². The molecule has 112 valence electrons. The zero-order valence-electron chi connectivity index (χ0n) is 11.8. The molecule has 0 bridgehead atoms. The number of halogens is 1. The van der Waals surface area contributed by atoms with Crippen LogP contribution in [-0.4, -0.2) is 19.6 Å². The third-order valence-electron chi connectivity index (χ3n) is 3.26. The molecule has 0 aliphatic carbocycles. The summed E-state index contributed by atoms with van der Waals surface area (Å²) in [5.74, 6) is 0.0445. The van der Waals surface area contributed by atoms with E-state index >= 15 is 0 Å². The largest absolute Gasteiger partial charge is 0.375 e. The summed E-state index contributed by atoms with van der Waals surface area (Å²) in [5, 5.41) is 6.99. The van der Waals surface area contributed by atoms with Gasteiger partial charge in [0.15, 0.2) is 0 Å². The smallest absolute Gasteiger partial charge is 0.220 e. The quantitative estimate of drug-likeness (QED) is 0.804. The van der Waals surface area contributed by atoms with E-state index in [1.165, 1.54) is 0 Å². The van der Waals surface area contributed by atoms with E-state index in [4.69, 9.17) is 4.74 Å². The van der Waals surface area contributed by atoms with Crippen molar-refractivity contribution in [2.24, 2.45) is 0 Å².